The summed E-state index contributed by atoms with van der Waals surface area (Å²) in [6.07, 6.45) is 3.58. The Morgan fingerprint density at radius 1 is 0.967 bits per heavy atom. The number of esters is 2. The van der Waals surface area contributed by atoms with Crippen molar-refractivity contribution in [2.75, 3.05) is 20.0 Å². The number of pyridine rings is 1. The first kappa shape index (κ1) is 44.5. The maximum absolute atomic E-state index is 13.9. The van der Waals surface area contributed by atoms with Crippen LogP contribution in [-0.2, 0) is 51.4 Å². The molecule has 0 radical (unpaired) electrons. The van der Waals surface area contributed by atoms with Crippen LogP contribution in [0, 0.1) is 5.41 Å². The van der Waals surface area contributed by atoms with Crippen molar-refractivity contribution in [2.45, 2.75) is 83.7 Å². The molecular weight excluding hydrogens is 799 g/mol. The van der Waals surface area contributed by atoms with Crippen LogP contribution in [0.2, 0.25) is 0 Å². The van der Waals surface area contributed by atoms with Crippen molar-refractivity contribution in [2.24, 2.45) is 10.1 Å². The van der Waals surface area contributed by atoms with E-state index < -0.39 is 64.8 Å². The minimum Gasteiger partial charge on any atom is -0.497 e. The number of β-lactam (4-membered cyclic amide) rings is 1. The summed E-state index contributed by atoms with van der Waals surface area (Å²) in [7, 11) is 2.76. The Balaban J connectivity index is 1.40. The first-order chi connectivity index (χ1) is 28.3. The van der Waals surface area contributed by atoms with Crippen LogP contribution in [0.1, 0.15) is 64.0 Å². The van der Waals surface area contributed by atoms with Crippen LogP contribution in [0.3, 0.4) is 0 Å². The van der Waals surface area contributed by atoms with E-state index in [0.717, 1.165) is 4.57 Å². The zero-order chi connectivity index (χ0) is 43.9. The van der Waals surface area contributed by atoms with E-state index >= 15 is 0 Å². The van der Waals surface area contributed by atoms with Crippen LogP contribution in [0.5, 0.6) is 5.75 Å². The number of nitrogens with one attached hydrogen (secondary N) is 2. The average molecular weight is 845 g/mol. The fourth-order valence-corrected chi connectivity index (χ4v) is 7.40. The number of nitrogens with zero attached hydrogens (tertiary/aromatic N) is 5. The van der Waals surface area contributed by atoms with E-state index in [-0.39, 0.29) is 36.0 Å². The molecule has 1 aromatic carbocycles. The number of fused-ring (bicyclic) bond motifs is 1. The maximum Gasteiger partial charge on any atom is 0.419 e. The highest BCUT2D eigenvalue weighted by molar-refractivity contribution is 8.00. The molecule has 1 fully saturated rings. The standard InChI is InChI=1S/C41H45N7O11S/c1-40(2,3)58-31(49)18-29(45-56-8)34(50)44-32-36(52)48-33(38(53)57-21-24-9-11-28(55-7)12-10-24)27(22-60-37(32)48)19-46-15-13-25(14-16-46)26-17-30(35(51)43-23-42)47(20-26)39(54)59-41(4,5)6/h9-17,20,32,37,42H,18-19,21-22H2,1-8H3/p+1/b45-29+. The van der Waals surface area contributed by atoms with Gasteiger partial charge in [-0.1, -0.05) is 17.3 Å². The lowest BCUT2D eigenvalue weighted by molar-refractivity contribution is -0.689. The Morgan fingerprint density at radius 2 is 1.63 bits per heavy atom. The normalized spacial score (nSPS) is 16.4. The molecule has 3 amide bonds. The molecule has 0 bridgehead atoms. The number of aromatic nitrogens is 2. The van der Waals surface area contributed by atoms with Gasteiger partial charge in [-0.25, -0.2) is 24.1 Å². The van der Waals surface area contributed by atoms with Gasteiger partial charge in [-0.15, -0.1) is 16.8 Å². The number of aliphatic imine (C=N–C) groups is 1. The Kier molecular flexibility index (Phi) is 13.8. The van der Waals surface area contributed by atoms with Crippen molar-refractivity contribution in [1.82, 2.24) is 14.8 Å². The van der Waals surface area contributed by atoms with Crippen LogP contribution >= 0.6 is 11.8 Å². The molecule has 2 aromatic heterocycles. The van der Waals surface area contributed by atoms with Crippen LogP contribution < -0.4 is 14.6 Å². The quantitative estimate of drug-likeness (QED) is 0.0616. The number of methoxy groups -OCH3 is 1. The third kappa shape index (κ3) is 10.9. The second-order valence-corrected chi connectivity index (χ2v) is 16.6. The van der Waals surface area contributed by atoms with Crippen LogP contribution in [0.15, 0.2) is 82.5 Å². The molecule has 0 saturated carbocycles. The van der Waals surface area contributed by atoms with Gasteiger partial charge in [-0.05, 0) is 70.9 Å². The predicted molar refractivity (Wildman–Crippen MR) is 216 cm³/mol. The summed E-state index contributed by atoms with van der Waals surface area (Å²) in [5.41, 5.74) is 0.310. The number of carbonyl (C=O) groups excluding carboxylic acids is 6. The highest BCUT2D eigenvalue weighted by Crippen LogP contribution is 2.41. The molecule has 5 rings (SSSR count). The fraction of sp³-hybridized carbons (Fsp3) is 0.390. The van der Waals surface area contributed by atoms with E-state index in [1.54, 1.807) is 101 Å². The zero-order valence-corrected chi connectivity index (χ0v) is 35.2. The molecule has 2 atom stereocenters. The minimum atomic E-state index is -1.06. The van der Waals surface area contributed by atoms with Gasteiger partial charge in [0.05, 0.1) is 19.5 Å². The summed E-state index contributed by atoms with van der Waals surface area (Å²) in [5, 5.41) is 12.8. The lowest BCUT2D eigenvalue weighted by Crippen LogP contribution is -2.71. The first-order valence-corrected chi connectivity index (χ1v) is 19.6. The van der Waals surface area contributed by atoms with Gasteiger partial charge in [-0.3, -0.25) is 24.1 Å². The molecule has 19 heteroatoms. The Labute approximate surface area is 350 Å². The predicted octanol–water partition coefficient (Wildman–Crippen LogP) is 4.26. The molecule has 4 heterocycles. The molecule has 2 N–H and O–H groups in total. The minimum absolute atomic E-state index is 0.0308. The highest BCUT2D eigenvalue weighted by atomic mass is 32.2. The topological polar surface area (TPSA) is 221 Å². The average Bonchev–Trinajstić information content (AvgIpc) is 3.64. The second kappa shape index (κ2) is 18.6. The molecule has 316 valence electrons. The fourth-order valence-electron chi connectivity index (χ4n) is 6.07. The molecule has 2 aliphatic heterocycles. The van der Waals surface area contributed by atoms with Crippen LogP contribution in [-0.4, -0.2) is 99.5 Å². The Morgan fingerprint density at radius 3 is 2.23 bits per heavy atom. The van der Waals surface area contributed by atoms with Crippen molar-refractivity contribution < 1.29 is 57.1 Å². The lowest BCUT2D eigenvalue weighted by Gasteiger charge is -2.49. The summed E-state index contributed by atoms with van der Waals surface area (Å²) in [4.78, 5) is 88.7. The van der Waals surface area contributed by atoms with Crippen LogP contribution in [0.4, 0.5) is 4.79 Å². The van der Waals surface area contributed by atoms with Gasteiger partial charge in [-0.2, -0.15) is 0 Å². The number of amides is 3. The Bertz CT molecular complexity index is 2280. The number of benzene rings is 1. The van der Waals surface area contributed by atoms with Gasteiger partial charge >= 0.3 is 23.9 Å². The number of hydrogen-bond donors (Lipinski definition) is 2. The number of oxime groups is 1. The molecule has 1 saturated heterocycles. The molecule has 0 spiro atoms. The van der Waals surface area contributed by atoms with E-state index in [1.165, 1.54) is 43.1 Å². The molecule has 18 nitrogen and oxygen atoms in total. The maximum atomic E-state index is 13.9. The van der Waals surface area contributed by atoms with E-state index in [9.17, 15) is 28.8 Å². The Hall–Kier alpha value is -6.59. The van der Waals surface area contributed by atoms with Gasteiger partial charge in [0.25, 0.3) is 11.8 Å². The summed E-state index contributed by atoms with van der Waals surface area (Å²) >= 11 is 1.33. The van der Waals surface area contributed by atoms with Gasteiger partial charge < -0.3 is 29.1 Å². The SMILES string of the molecule is CO/N=C(\CC(=O)OC(C)(C)C)C(=O)NC1C(=O)N2C(C(=O)OCc3ccc(OC)cc3)=C(C[n+]3ccc(-c4cc(C(=O)N=C=N)n(C(=O)OC(C)(C)C)c4)cc3)CSC12. The van der Waals surface area contributed by atoms with Gasteiger partial charge in [0.15, 0.2) is 24.7 Å². The summed E-state index contributed by atoms with van der Waals surface area (Å²) in [6, 6.07) is 12.5. The van der Waals surface area contributed by atoms with E-state index in [4.69, 9.17) is 29.2 Å². The van der Waals surface area contributed by atoms with Crippen molar-refractivity contribution >= 4 is 59.2 Å². The molecule has 0 aliphatic carbocycles. The van der Waals surface area contributed by atoms with Crippen molar-refractivity contribution in [3.63, 3.8) is 0 Å². The number of thioether (sulfide) groups is 1. The third-order valence-corrected chi connectivity index (χ3v) is 9.98. The molecule has 60 heavy (non-hydrogen) atoms. The second-order valence-electron chi connectivity index (χ2n) is 15.5. The third-order valence-electron chi connectivity index (χ3n) is 8.64. The van der Waals surface area contributed by atoms with Crippen molar-refractivity contribution in [3.05, 3.63) is 83.6 Å². The number of rotatable bonds is 13. The molecule has 3 aromatic rings. The van der Waals surface area contributed by atoms with E-state index in [0.29, 0.717) is 28.0 Å². The largest absolute Gasteiger partial charge is 0.497 e. The molecule has 2 unspecified atom stereocenters. The number of ether oxygens (including phenoxy) is 4. The smallest absolute Gasteiger partial charge is 0.419 e. The van der Waals surface area contributed by atoms with Crippen molar-refractivity contribution in [3.8, 4) is 16.9 Å². The van der Waals surface area contributed by atoms with Gasteiger partial charge in [0, 0.05) is 35.2 Å². The molecular formula is C41H46N7O11S+. The lowest BCUT2D eigenvalue weighted by atomic mass is 10.0. The van der Waals surface area contributed by atoms with E-state index in [1.807, 2.05) is 0 Å². The number of carbonyl (C=O) groups is 6. The van der Waals surface area contributed by atoms with Crippen molar-refractivity contribution in [1.29, 1.82) is 5.41 Å². The number of hydrogen-bond acceptors (Lipinski definition) is 14. The highest BCUT2D eigenvalue weighted by Gasteiger charge is 2.55. The summed E-state index contributed by atoms with van der Waals surface area (Å²) in [6.45, 7) is 10.2. The van der Waals surface area contributed by atoms with Gasteiger partial charge in [0.2, 0.25) is 0 Å². The van der Waals surface area contributed by atoms with Gasteiger partial charge in [0.1, 0.15) is 53.5 Å². The summed E-state index contributed by atoms with van der Waals surface area (Å²) < 4.78 is 24.5. The monoisotopic (exact) mass is 844 g/mol. The molecule has 2 aliphatic rings. The first-order valence-electron chi connectivity index (χ1n) is 18.5. The summed E-state index contributed by atoms with van der Waals surface area (Å²) in [5.74, 6) is -2.80. The van der Waals surface area contributed by atoms with E-state index in [2.05, 4.69) is 15.5 Å². The zero-order valence-electron chi connectivity index (χ0n) is 34.4. The van der Waals surface area contributed by atoms with Crippen LogP contribution in [0.25, 0.3) is 11.1 Å².